The van der Waals surface area contributed by atoms with E-state index in [4.69, 9.17) is 0 Å². The summed E-state index contributed by atoms with van der Waals surface area (Å²) in [5.41, 5.74) is 2.22. The molecular formula is C21H28FIN4OS. The zero-order valence-corrected chi connectivity index (χ0v) is 19.8. The lowest BCUT2D eigenvalue weighted by Gasteiger charge is -2.26. The number of hydrogen-bond donors (Lipinski definition) is 2. The maximum atomic E-state index is 13.2. The first-order chi connectivity index (χ1) is 13.7. The van der Waals surface area contributed by atoms with Crippen molar-refractivity contribution in [2.75, 3.05) is 26.2 Å². The van der Waals surface area contributed by atoms with E-state index < -0.39 is 0 Å². The van der Waals surface area contributed by atoms with Crippen LogP contribution in [0.15, 0.2) is 40.7 Å². The van der Waals surface area contributed by atoms with Gasteiger partial charge in [0.15, 0.2) is 5.96 Å². The molecule has 2 N–H and O–H groups in total. The first-order valence-electron chi connectivity index (χ1n) is 9.75. The SMILES string of the molecule is CCNC(=NCCC(=O)N1CCc2sccc2C1)NCCc1cccc(F)c1.I. The van der Waals surface area contributed by atoms with E-state index in [0.29, 0.717) is 38.4 Å². The molecule has 3 rings (SSSR count). The number of nitrogens with one attached hydrogen (secondary N) is 2. The highest BCUT2D eigenvalue weighted by atomic mass is 127. The van der Waals surface area contributed by atoms with E-state index in [1.165, 1.54) is 16.5 Å². The number of thiophene rings is 1. The van der Waals surface area contributed by atoms with Crippen LogP contribution in [0.25, 0.3) is 0 Å². The molecule has 0 aliphatic carbocycles. The Kier molecular flexibility index (Phi) is 9.86. The van der Waals surface area contributed by atoms with Gasteiger partial charge in [0.1, 0.15) is 5.82 Å². The molecule has 1 aliphatic heterocycles. The number of fused-ring (bicyclic) bond motifs is 1. The maximum absolute atomic E-state index is 13.2. The lowest BCUT2D eigenvalue weighted by atomic mass is 10.1. The van der Waals surface area contributed by atoms with E-state index in [9.17, 15) is 9.18 Å². The molecule has 5 nitrogen and oxygen atoms in total. The van der Waals surface area contributed by atoms with Gasteiger partial charge in [-0.1, -0.05) is 12.1 Å². The second-order valence-electron chi connectivity index (χ2n) is 6.75. The van der Waals surface area contributed by atoms with Crippen LogP contribution in [-0.2, 0) is 24.2 Å². The van der Waals surface area contributed by atoms with Gasteiger partial charge in [-0.25, -0.2) is 4.39 Å². The monoisotopic (exact) mass is 530 g/mol. The number of carbonyl (C=O) groups excluding carboxylic acids is 1. The maximum Gasteiger partial charge on any atom is 0.224 e. The van der Waals surface area contributed by atoms with Crippen molar-refractivity contribution < 1.29 is 9.18 Å². The number of hydrogen-bond acceptors (Lipinski definition) is 3. The molecule has 0 unspecified atom stereocenters. The Morgan fingerprint density at radius 1 is 1.31 bits per heavy atom. The van der Waals surface area contributed by atoms with Crippen LogP contribution in [0.5, 0.6) is 0 Å². The first kappa shape index (κ1) is 23.6. The average Bonchev–Trinajstić information content (AvgIpc) is 3.16. The van der Waals surface area contributed by atoms with Gasteiger partial charge in [0.2, 0.25) is 5.91 Å². The summed E-state index contributed by atoms with van der Waals surface area (Å²) in [6.45, 7) is 5.35. The predicted molar refractivity (Wildman–Crippen MR) is 128 cm³/mol. The van der Waals surface area contributed by atoms with Crippen LogP contribution in [0.2, 0.25) is 0 Å². The molecule has 0 radical (unpaired) electrons. The topological polar surface area (TPSA) is 56.7 Å². The van der Waals surface area contributed by atoms with Gasteiger partial charge in [-0.3, -0.25) is 9.79 Å². The summed E-state index contributed by atoms with van der Waals surface area (Å²) >= 11 is 1.78. The van der Waals surface area contributed by atoms with Crippen molar-refractivity contribution in [1.29, 1.82) is 0 Å². The summed E-state index contributed by atoms with van der Waals surface area (Å²) in [5.74, 6) is 0.616. The zero-order valence-electron chi connectivity index (χ0n) is 16.6. The molecule has 2 heterocycles. The molecule has 0 spiro atoms. The van der Waals surface area contributed by atoms with Crippen molar-refractivity contribution in [2.24, 2.45) is 4.99 Å². The minimum absolute atomic E-state index is 0. The quantitative estimate of drug-likeness (QED) is 0.327. The van der Waals surface area contributed by atoms with Crippen molar-refractivity contribution >= 4 is 47.2 Å². The molecule has 158 valence electrons. The van der Waals surface area contributed by atoms with Crippen molar-refractivity contribution in [1.82, 2.24) is 15.5 Å². The number of nitrogens with zero attached hydrogens (tertiary/aromatic N) is 2. The third-order valence-corrected chi connectivity index (χ3v) is 5.72. The molecule has 0 saturated carbocycles. The Bertz CT molecular complexity index is 827. The van der Waals surface area contributed by atoms with Crippen molar-refractivity contribution in [2.45, 2.75) is 32.7 Å². The Labute approximate surface area is 192 Å². The van der Waals surface area contributed by atoms with Gasteiger partial charge >= 0.3 is 0 Å². The molecular weight excluding hydrogens is 502 g/mol. The molecule has 1 amide bonds. The Hall–Kier alpha value is -1.68. The van der Waals surface area contributed by atoms with E-state index in [1.807, 2.05) is 17.9 Å². The molecule has 1 aliphatic rings. The van der Waals surface area contributed by atoms with Crippen LogP contribution < -0.4 is 10.6 Å². The average molecular weight is 530 g/mol. The fraction of sp³-hybridized carbons (Fsp3) is 0.429. The van der Waals surface area contributed by atoms with Crippen molar-refractivity contribution in [3.63, 3.8) is 0 Å². The second kappa shape index (κ2) is 12.1. The Morgan fingerprint density at radius 3 is 2.97 bits per heavy atom. The van der Waals surface area contributed by atoms with Crippen LogP contribution in [0.3, 0.4) is 0 Å². The van der Waals surface area contributed by atoms with E-state index in [1.54, 1.807) is 23.5 Å². The lowest BCUT2D eigenvalue weighted by Crippen LogP contribution is -2.39. The molecule has 0 atom stereocenters. The Balaban J connectivity index is 0.00000300. The zero-order chi connectivity index (χ0) is 19.8. The summed E-state index contributed by atoms with van der Waals surface area (Å²) < 4.78 is 13.2. The van der Waals surface area contributed by atoms with Gasteiger partial charge in [0.05, 0.1) is 6.54 Å². The molecule has 29 heavy (non-hydrogen) atoms. The normalized spacial score (nSPS) is 13.4. The predicted octanol–water partition coefficient (Wildman–Crippen LogP) is 3.58. The number of carbonyl (C=O) groups is 1. The van der Waals surface area contributed by atoms with E-state index in [2.05, 4.69) is 27.1 Å². The highest BCUT2D eigenvalue weighted by Crippen LogP contribution is 2.24. The third kappa shape index (κ3) is 7.26. The largest absolute Gasteiger partial charge is 0.357 e. The number of rotatable bonds is 7. The van der Waals surface area contributed by atoms with Gasteiger partial charge < -0.3 is 15.5 Å². The second-order valence-corrected chi connectivity index (χ2v) is 7.75. The van der Waals surface area contributed by atoms with E-state index in [-0.39, 0.29) is 35.7 Å². The summed E-state index contributed by atoms with van der Waals surface area (Å²) in [6.07, 6.45) is 2.06. The lowest BCUT2D eigenvalue weighted by molar-refractivity contribution is -0.131. The molecule has 0 bridgehead atoms. The third-order valence-electron chi connectivity index (χ3n) is 4.70. The first-order valence-corrected chi connectivity index (χ1v) is 10.6. The van der Waals surface area contributed by atoms with Gasteiger partial charge in [0.25, 0.3) is 0 Å². The minimum atomic E-state index is -0.219. The van der Waals surface area contributed by atoms with Crippen LogP contribution in [0.1, 0.15) is 29.3 Å². The molecule has 1 aromatic carbocycles. The number of aliphatic imine (C=N–C) groups is 1. The number of guanidine groups is 1. The summed E-state index contributed by atoms with van der Waals surface area (Å²) in [7, 11) is 0. The van der Waals surface area contributed by atoms with Crippen LogP contribution >= 0.6 is 35.3 Å². The van der Waals surface area contributed by atoms with E-state index >= 15 is 0 Å². The van der Waals surface area contributed by atoms with Gasteiger partial charge in [-0.2, -0.15) is 0 Å². The van der Waals surface area contributed by atoms with Gasteiger partial charge in [-0.15, -0.1) is 35.3 Å². The smallest absolute Gasteiger partial charge is 0.224 e. The highest BCUT2D eigenvalue weighted by molar-refractivity contribution is 14.0. The molecule has 0 fully saturated rings. The highest BCUT2D eigenvalue weighted by Gasteiger charge is 2.20. The molecule has 0 saturated heterocycles. The van der Waals surface area contributed by atoms with Crippen molar-refractivity contribution in [3.05, 3.63) is 57.5 Å². The van der Waals surface area contributed by atoms with Crippen LogP contribution in [-0.4, -0.2) is 42.9 Å². The Morgan fingerprint density at radius 2 is 2.17 bits per heavy atom. The number of halogens is 2. The summed E-state index contributed by atoms with van der Waals surface area (Å²) in [5, 5.41) is 8.53. The standard InChI is InChI=1S/C21H27FN4OS.HI/c1-2-23-21(24-10-6-16-4-3-5-18(22)14-16)25-11-7-20(27)26-12-8-19-17(15-26)9-13-28-19;/h3-5,9,13-14H,2,6-8,10-12,15H2,1H3,(H2,23,24,25);1H. The number of amides is 1. The summed E-state index contributed by atoms with van der Waals surface area (Å²) in [4.78, 5) is 20.3. The van der Waals surface area contributed by atoms with Crippen molar-refractivity contribution in [3.8, 4) is 0 Å². The molecule has 8 heteroatoms. The molecule has 2 aromatic rings. The summed E-state index contributed by atoms with van der Waals surface area (Å²) in [6, 6.07) is 8.73. The number of benzene rings is 1. The minimum Gasteiger partial charge on any atom is -0.357 e. The fourth-order valence-corrected chi connectivity index (χ4v) is 4.13. The van der Waals surface area contributed by atoms with Crippen LogP contribution in [0.4, 0.5) is 4.39 Å². The molecule has 1 aromatic heterocycles. The van der Waals surface area contributed by atoms with Crippen LogP contribution in [0, 0.1) is 5.82 Å². The van der Waals surface area contributed by atoms with E-state index in [0.717, 1.165) is 25.1 Å². The fourth-order valence-electron chi connectivity index (χ4n) is 3.24. The van der Waals surface area contributed by atoms with Gasteiger partial charge in [0, 0.05) is 37.5 Å². The van der Waals surface area contributed by atoms with Gasteiger partial charge in [-0.05, 0) is 54.5 Å².